The molecule has 0 bridgehead atoms. The summed E-state index contributed by atoms with van der Waals surface area (Å²) >= 11 is 0. The molecule has 0 spiro atoms. The van der Waals surface area contributed by atoms with E-state index in [1.807, 2.05) is 23.1 Å². The van der Waals surface area contributed by atoms with E-state index >= 15 is 0 Å². The SMILES string of the molecule is CNC(=O)C1(Cc2cccc(-c3ccccc3)c2)CCN(C(=O)c2ccncc2)CC1. The zero-order chi connectivity index (χ0) is 21.7. The van der Waals surface area contributed by atoms with Crippen LogP contribution in [0.15, 0.2) is 79.1 Å². The number of hydrogen-bond acceptors (Lipinski definition) is 3. The minimum absolute atomic E-state index is 0.000943. The van der Waals surface area contributed by atoms with Gasteiger partial charge in [0, 0.05) is 38.1 Å². The summed E-state index contributed by atoms with van der Waals surface area (Å²) in [5.74, 6) is 0.0487. The number of nitrogens with zero attached hydrogens (tertiary/aromatic N) is 2. The first kappa shape index (κ1) is 20.8. The fraction of sp³-hybridized carbons (Fsp3) is 0.269. The van der Waals surface area contributed by atoms with E-state index in [1.165, 1.54) is 0 Å². The van der Waals surface area contributed by atoms with Crippen LogP contribution in [0.25, 0.3) is 11.1 Å². The third-order valence-electron chi connectivity index (χ3n) is 6.22. The Hall–Kier alpha value is -3.47. The van der Waals surface area contributed by atoms with Gasteiger partial charge in [-0.1, -0.05) is 54.6 Å². The molecule has 4 rings (SSSR count). The van der Waals surface area contributed by atoms with Gasteiger partial charge < -0.3 is 10.2 Å². The lowest BCUT2D eigenvalue weighted by molar-refractivity contribution is -0.133. The van der Waals surface area contributed by atoms with Crippen molar-refractivity contribution in [2.75, 3.05) is 20.1 Å². The predicted molar refractivity (Wildman–Crippen MR) is 121 cm³/mol. The Kier molecular flexibility index (Phi) is 6.12. The molecule has 0 atom stereocenters. The summed E-state index contributed by atoms with van der Waals surface area (Å²) in [5, 5.41) is 2.87. The van der Waals surface area contributed by atoms with E-state index in [2.05, 4.69) is 46.7 Å². The van der Waals surface area contributed by atoms with Crippen LogP contribution in [0.4, 0.5) is 0 Å². The van der Waals surface area contributed by atoms with E-state index in [0.717, 1.165) is 16.7 Å². The van der Waals surface area contributed by atoms with Gasteiger partial charge in [-0.25, -0.2) is 0 Å². The van der Waals surface area contributed by atoms with E-state index in [4.69, 9.17) is 0 Å². The van der Waals surface area contributed by atoms with Crippen molar-refractivity contribution >= 4 is 11.8 Å². The first-order chi connectivity index (χ1) is 15.1. The first-order valence-electron chi connectivity index (χ1n) is 10.7. The molecule has 158 valence electrons. The smallest absolute Gasteiger partial charge is 0.253 e. The Labute approximate surface area is 183 Å². The standard InChI is InChI=1S/C26H27N3O2/c1-27-25(31)26(12-16-29(17-13-26)24(30)22-10-14-28-15-11-22)19-20-6-5-9-23(18-20)21-7-3-2-4-8-21/h2-11,14-15,18H,12-13,16-17,19H2,1H3,(H,27,31). The van der Waals surface area contributed by atoms with Crippen LogP contribution < -0.4 is 5.32 Å². The monoisotopic (exact) mass is 413 g/mol. The number of nitrogens with one attached hydrogen (secondary N) is 1. The highest BCUT2D eigenvalue weighted by molar-refractivity contribution is 5.94. The van der Waals surface area contributed by atoms with Gasteiger partial charge in [-0.05, 0) is 48.1 Å². The number of pyridine rings is 1. The first-order valence-corrected chi connectivity index (χ1v) is 10.7. The lowest BCUT2D eigenvalue weighted by Gasteiger charge is -2.40. The van der Waals surface area contributed by atoms with Crippen molar-refractivity contribution in [1.82, 2.24) is 15.2 Å². The quantitative estimate of drug-likeness (QED) is 0.689. The van der Waals surface area contributed by atoms with Crippen molar-refractivity contribution in [3.63, 3.8) is 0 Å². The number of aromatic nitrogens is 1. The molecule has 1 N–H and O–H groups in total. The number of hydrogen-bond donors (Lipinski definition) is 1. The second-order valence-electron chi connectivity index (χ2n) is 8.13. The van der Waals surface area contributed by atoms with Gasteiger partial charge in [-0.15, -0.1) is 0 Å². The van der Waals surface area contributed by atoms with E-state index in [0.29, 0.717) is 37.9 Å². The van der Waals surface area contributed by atoms with Gasteiger partial charge in [0.2, 0.25) is 5.91 Å². The molecule has 0 saturated carbocycles. The fourth-order valence-corrected chi connectivity index (χ4v) is 4.45. The molecule has 0 aliphatic carbocycles. The second-order valence-corrected chi connectivity index (χ2v) is 8.13. The van der Waals surface area contributed by atoms with Crippen molar-refractivity contribution in [3.05, 3.63) is 90.3 Å². The van der Waals surface area contributed by atoms with Gasteiger partial charge in [-0.2, -0.15) is 0 Å². The molecule has 0 radical (unpaired) electrons. The average Bonchev–Trinajstić information content (AvgIpc) is 2.85. The molecule has 5 heteroatoms. The molecule has 3 aromatic rings. The highest BCUT2D eigenvalue weighted by Gasteiger charge is 2.42. The molecule has 2 amide bonds. The number of benzene rings is 2. The minimum atomic E-state index is -0.515. The summed E-state index contributed by atoms with van der Waals surface area (Å²) in [6.45, 7) is 1.12. The van der Waals surface area contributed by atoms with Gasteiger partial charge in [0.1, 0.15) is 0 Å². The van der Waals surface area contributed by atoms with Crippen LogP contribution in [0.2, 0.25) is 0 Å². The third-order valence-corrected chi connectivity index (χ3v) is 6.22. The Morgan fingerprint density at radius 2 is 1.61 bits per heavy atom. The van der Waals surface area contributed by atoms with Crippen LogP contribution in [-0.4, -0.2) is 41.8 Å². The van der Waals surface area contributed by atoms with Crippen LogP contribution >= 0.6 is 0 Å². The molecule has 2 aromatic carbocycles. The van der Waals surface area contributed by atoms with Gasteiger partial charge >= 0.3 is 0 Å². The Morgan fingerprint density at radius 1 is 0.935 bits per heavy atom. The van der Waals surface area contributed by atoms with Gasteiger partial charge in [0.05, 0.1) is 5.41 Å². The van der Waals surface area contributed by atoms with Crippen molar-refractivity contribution in [1.29, 1.82) is 0 Å². The zero-order valence-corrected chi connectivity index (χ0v) is 17.8. The maximum atomic E-state index is 13.0. The molecular weight excluding hydrogens is 386 g/mol. The molecule has 1 aliphatic rings. The van der Waals surface area contributed by atoms with Crippen molar-refractivity contribution in [3.8, 4) is 11.1 Å². The zero-order valence-electron chi connectivity index (χ0n) is 17.8. The Morgan fingerprint density at radius 3 is 2.29 bits per heavy atom. The second kappa shape index (κ2) is 9.13. The largest absolute Gasteiger partial charge is 0.359 e. The number of likely N-dealkylation sites (tertiary alicyclic amines) is 1. The number of carbonyl (C=O) groups excluding carboxylic acids is 2. The Bertz CT molecular complexity index is 1040. The minimum Gasteiger partial charge on any atom is -0.359 e. The highest BCUT2D eigenvalue weighted by atomic mass is 16.2. The lowest BCUT2D eigenvalue weighted by Crippen LogP contribution is -2.50. The molecular formula is C26H27N3O2. The summed E-state index contributed by atoms with van der Waals surface area (Å²) < 4.78 is 0. The Balaban J connectivity index is 1.53. The number of piperidine rings is 1. The summed E-state index contributed by atoms with van der Waals surface area (Å²) in [5.41, 5.74) is 3.57. The summed E-state index contributed by atoms with van der Waals surface area (Å²) in [6.07, 6.45) is 5.19. The van der Waals surface area contributed by atoms with Crippen molar-refractivity contribution in [2.24, 2.45) is 5.41 Å². The summed E-state index contributed by atoms with van der Waals surface area (Å²) in [7, 11) is 1.69. The highest BCUT2D eigenvalue weighted by Crippen LogP contribution is 2.36. The summed E-state index contributed by atoms with van der Waals surface area (Å²) in [6, 6.07) is 22.1. The molecule has 0 unspecified atom stereocenters. The molecule has 5 nitrogen and oxygen atoms in total. The average molecular weight is 414 g/mol. The lowest BCUT2D eigenvalue weighted by atomic mass is 9.72. The third kappa shape index (κ3) is 4.50. The van der Waals surface area contributed by atoms with E-state index in [9.17, 15) is 9.59 Å². The van der Waals surface area contributed by atoms with Crippen LogP contribution in [0.1, 0.15) is 28.8 Å². The molecule has 2 heterocycles. The van der Waals surface area contributed by atoms with Gasteiger partial charge in [0.15, 0.2) is 0 Å². The predicted octanol–water partition coefficient (Wildman–Crippen LogP) is 3.96. The van der Waals surface area contributed by atoms with Crippen molar-refractivity contribution in [2.45, 2.75) is 19.3 Å². The summed E-state index contributed by atoms with van der Waals surface area (Å²) in [4.78, 5) is 31.6. The topological polar surface area (TPSA) is 62.3 Å². The van der Waals surface area contributed by atoms with Crippen LogP contribution in [-0.2, 0) is 11.2 Å². The van der Waals surface area contributed by atoms with E-state index in [1.54, 1.807) is 31.6 Å². The van der Waals surface area contributed by atoms with Crippen molar-refractivity contribution < 1.29 is 9.59 Å². The van der Waals surface area contributed by atoms with Crippen LogP contribution in [0.3, 0.4) is 0 Å². The normalized spacial score (nSPS) is 15.3. The van der Waals surface area contributed by atoms with Crippen LogP contribution in [0.5, 0.6) is 0 Å². The van der Waals surface area contributed by atoms with Crippen LogP contribution in [0, 0.1) is 5.41 Å². The van der Waals surface area contributed by atoms with E-state index in [-0.39, 0.29) is 11.8 Å². The maximum Gasteiger partial charge on any atom is 0.253 e. The molecule has 1 aromatic heterocycles. The van der Waals surface area contributed by atoms with E-state index < -0.39 is 5.41 Å². The number of amides is 2. The molecule has 1 aliphatic heterocycles. The molecule has 31 heavy (non-hydrogen) atoms. The number of carbonyl (C=O) groups is 2. The number of rotatable bonds is 5. The molecule has 1 saturated heterocycles. The van der Waals surface area contributed by atoms with Gasteiger partial charge in [-0.3, -0.25) is 14.6 Å². The maximum absolute atomic E-state index is 13.0. The molecule has 1 fully saturated rings. The fourth-order valence-electron chi connectivity index (χ4n) is 4.45. The van der Waals surface area contributed by atoms with Gasteiger partial charge in [0.25, 0.3) is 5.91 Å².